The Morgan fingerprint density at radius 3 is 2.76 bits per heavy atom. The van der Waals surface area contributed by atoms with E-state index in [-0.39, 0.29) is 18.0 Å². The summed E-state index contributed by atoms with van der Waals surface area (Å²) in [5.74, 6) is 0.163. The van der Waals surface area contributed by atoms with E-state index in [9.17, 15) is 4.79 Å². The highest BCUT2D eigenvalue weighted by molar-refractivity contribution is 9.10. The minimum absolute atomic E-state index is 0.0671. The third kappa shape index (κ3) is 3.51. The Hall–Kier alpha value is -0.930. The molecule has 1 heterocycles. The Balaban J connectivity index is 2.06. The highest BCUT2D eigenvalue weighted by Gasteiger charge is 2.20. The maximum atomic E-state index is 11.1. The van der Waals surface area contributed by atoms with E-state index >= 15 is 0 Å². The quantitative estimate of drug-likeness (QED) is 0.793. The molecule has 0 fully saturated rings. The fourth-order valence-corrected chi connectivity index (χ4v) is 2.22. The Morgan fingerprint density at radius 1 is 1.41 bits per heavy atom. The van der Waals surface area contributed by atoms with Crippen LogP contribution < -0.4 is 0 Å². The summed E-state index contributed by atoms with van der Waals surface area (Å²) in [6, 6.07) is 8.13. The van der Waals surface area contributed by atoms with Crippen LogP contribution in [0.4, 0.5) is 0 Å². The number of carbonyl (C=O) groups is 1. The highest BCUT2D eigenvalue weighted by Crippen LogP contribution is 2.29. The molecule has 0 bridgehead atoms. The number of Topliss-reactive ketones (excluding diaryl/α,β-unsaturated/α-hetero) is 1. The number of benzene rings is 1. The predicted octanol–water partition coefficient (Wildman–Crippen LogP) is 3.81. The van der Waals surface area contributed by atoms with E-state index in [4.69, 9.17) is 4.74 Å². The van der Waals surface area contributed by atoms with Crippen molar-refractivity contribution in [3.63, 3.8) is 0 Å². The molecule has 0 N–H and O–H groups in total. The lowest BCUT2D eigenvalue weighted by atomic mass is 10.0. The van der Waals surface area contributed by atoms with Crippen molar-refractivity contribution in [3.05, 3.63) is 46.5 Å². The first-order chi connectivity index (χ1) is 8.15. The molecular weight excluding hydrogens is 280 g/mol. The molecule has 0 saturated heterocycles. The van der Waals surface area contributed by atoms with Crippen molar-refractivity contribution < 1.29 is 9.53 Å². The summed E-state index contributed by atoms with van der Waals surface area (Å²) in [6.07, 6.45) is 5.41. The Kier molecular flexibility index (Phi) is 4.13. The van der Waals surface area contributed by atoms with Crippen molar-refractivity contribution in [2.24, 2.45) is 0 Å². The van der Waals surface area contributed by atoms with Crippen molar-refractivity contribution in [3.8, 4) is 0 Å². The van der Waals surface area contributed by atoms with Gasteiger partial charge in [0.1, 0.15) is 5.78 Å². The zero-order chi connectivity index (χ0) is 12.3. The monoisotopic (exact) mass is 294 g/mol. The van der Waals surface area contributed by atoms with E-state index in [1.165, 1.54) is 0 Å². The van der Waals surface area contributed by atoms with Crippen LogP contribution in [0.1, 0.15) is 31.4 Å². The second kappa shape index (κ2) is 5.61. The molecule has 1 aromatic rings. The maximum Gasteiger partial charge on any atom is 0.132 e. The van der Waals surface area contributed by atoms with Gasteiger partial charge in [0.2, 0.25) is 0 Å². The van der Waals surface area contributed by atoms with Gasteiger partial charge in [-0.15, -0.1) is 0 Å². The average Bonchev–Trinajstić information content (AvgIpc) is 2.29. The van der Waals surface area contributed by atoms with Crippen LogP contribution in [0.15, 0.2) is 40.9 Å². The first kappa shape index (κ1) is 12.5. The Labute approximate surface area is 110 Å². The molecule has 90 valence electrons. The van der Waals surface area contributed by atoms with E-state index in [1.54, 1.807) is 6.92 Å². The molecule has 0 amide bonds. The smallest absolute Gasteiger partial charge is 0.132 e. The lowest BCUT2D eigenvalue weighted by Crippen LogP contribution is -2.20. The third-order valence-corrected chi connectivity index (χ3v) is 3.30. The van der Waals surface area contributed by atoms with Gasteiger partial charge in [-0.1, -0.05) is 40.2 Å². The molecule has 2 nitrogen and oxygen atoms in total. The molecule has 3 heteroatoms. The topological polar surface area (TPSA) is 26.3 Å². The second-order valence-electron chi connectivity index (χ2n) is 4.28. The van der Waals surface area contributed by atoms with Gasteiger partial charge in [0.05, 0.1) is 12.2 Å². The van der Waals surface area contributed by atoms with E-state index in [0.29, 0.717) is 6.42 Å². The second-order valence-corrected chi connectivity index (χ2v) is 5.20. The van der Waals surface area contributed by atoms with Crippen LogP contribution in [0, 0.1) is 0 Å². The number of rotatable bonds is 3. The number of ketones is 1. The number of hydrogen-bond donors (Lipinski definition) is 0. The lowest BCUT2D eigenvalue weighted by molar-refractivity contribution is -0.120. The molecule has 1 aliphatic heterocycles. The van der Waals surface area contributed by atoms with Gasteiger partial charge in [0.15, 0.2) is 0 Å². The third-order valence-electron chi connectivity index (χ3n) is 2.77. The van der Waals surface area contributed by atoms with Crippen molar-refractivity contribution >= 4 is 21.7 Å². The van der Waals surface area contributed by atoms with Crippen molar-refractivity contribution in [1.29, 1.82) is 0 Å². The van der Waals surface area contributed by atoms with E-state index in [1.807, 2.05) is 18.2 Å². The summed E-state index contributed by atoms with van der Waals surface area (Å²) in [7, 11) is 0. The van der Waals surface area contributed by atoms with Crippen LogP contribution in [0.2, 0.25) is 0 Å². The molecule has 2 atom stereocenters. The SMILES string of the molecule is CC(=O)C[C@H]1C=CC[C@@H](c2ccc(Br)cc2)O1. The van der Waals surface area contributed by atoms with Crippen molar-refractivity contribution in [2.45, 2.75) is 32.0 Å². The molecule has 0 spiro atoms. The van der Waals surface area contributed by atoms with Gasteiger partial charge in [0.25, 0.3) is 0 Å². The minimum atomic E-state index is -0.0742. The molecule has 1 aliphatic rings. The molecule has 2 rings (SSSR count). The number of ether oxygens (including phenoxy) is 1. The zero-order valence-electron chi connectivity index (χ0n) is 9.73. The number of halogens is 1. The number of carbonyl (C=O) groups excluding carboxylic acids is 1. The van der Waals surface area contributed by atoms with E-state index < -0.39 is 0 Å². The lowest BCUT2D eigenvalue weighted by Gasteiger charge is -2.25. The summed E-state index contributed by atoms with van der Waals surface area (Å²) in [6.45, 7) is 1.60. The maximum absolute atomic E-state index is 11.1. The Morgan fingerprint density at radius 2 is 2.12 bits per heavy atom. The van der Waals surface area contributed by atoms with Gasteiger partial charge in [-0.05, 0) is 31.0 Å². The first-order valence-corrected chi connectivity index (χ1v) is 6.51. The van der Waals surface area contributed by atoms with Crippen LogP contribution in [-0.2, 0) is 9.53 Å². The van der Waals surface area contributed by atoms with Crippen molar-refractivity contribution in [2.75, 3.05) is 0 Å². The normalized spacial score (nSPS) is 23.6. The van der Waals surface area contributed by atoms with Crippen LogP contribution in [-0.4, -0.2) is 11.9 Å². The summed E-state index contributed by atoms with van der Waals surface area (Å²) in [4.78, 5) is 11.1. The summed E-state index contributed by atoms with van der Waals surface area (Å²) in [5, 5.41) is 0. The summed E-state index contributed by atoms with van der Waals surface area (Å²) >= 11 is 3.41. The van der Waals surface area contributed by atoms with Gasteiger partial charge in [-0.2, -0.15) is 0 Å². The van der Waals surface area contributed by atoms with Gasteiger partial charge in [0, 0.05) is 10.9 Å². The molecule has 0 unspecified atom stereocenters. The molecule has 0 aliphatic carbocycles. The van der Waals surface area contributed by atoms with Gasteiger partial charge in [-0.3, -0.25) is 4.79 Å². The average molecular weight is 295 g/mol. The molecule has 17 heavy (non-hydrogen) atoms. The highest BCUT2D eigenvalue weighted by atomic mass is 79.9. The summed E-state index contributed by atoms with van der Waals surface area (Å²) in [5.41, 5.74) is 1.16. The summed E-state index contributed by atoms with van der Waals surface area (Å²) < 4.78 is 6.96. The fourth-order valence-electron chi connectivity index (χ4n) is 1.96. The first-order valence-electron chi connectivity index (χ1n) is 5.72. The molecule has 0 aromatic heterocycles. The van der Waals surface area contributed by atoms with E-state index in [0.717, 1.165) is 16.5 Å². The standard InChI is InChI=1S/C14H15BrO2/c1-10(16)9-13-3-2-4-14(17-13)11-5-7-12(15)8-6-11/h2-3,5-8,13-14H,4,9H2,1H3/t13-,14+/m1/s1. The molecule has 0 radical (unpaired) electrons. The Bertz CT molecular complexity index is 422. The zero-order valence-corrected chi connectivity index (χ0v) is 11.3. The van der Waals surface area contributed by atoms with Crippen molar-refractivity contribution in [1.82, 2.24) is 0 Å². The van der Waals surface area contributed by atoms with Gasteiger partial charge >= 0.3 is 0 Å². The fraction of sp³-hybridized carbons (Fsp3) is 0.357. The van der Waals surface area contributed by atoms with Crippen LogP contribution in [0.5, 0.6) is 0 Å². The number of hydrogen-bond acceptors (Lipinski definition) is 2. The predicted molar refractivity (Wildman–Crippen MR) is 70.8 cm³/mol. The van der Waals surface area contributed by atoms with E-state index in [2.05, 4.69) is 34.1 Å². The molecule has 1 aromatic carbocycles. The van der Waals surface area contributed by atoms with Gasteiger partial charge < -0.3 is 4.74 Å². The largest absolute Gasteiger partial charge is 0.365 e. The molecule has 0 saturated carbocycles. The molecular formula is C14H15BrO2. The minimum Gasteiger partial charge on any atom is -0.365 e. The van der Waals surface area contributed by atoms with Crippen LogP contribution >= 0.6 is 15.9 Å². The van der Waals surface area contributed by atoms with Gasteiger partial charge in [-0.25, -0.2) is 0 Å². The van der Waals surface area contributed by atoms with Crippen LogP contribution in [0.3, 0.4) is 0 Å². The van der Waals surface area contributed by atoms with Crippen LogP contribution in [0.25, 0.3) is 0 Å².